The Morgan fingerprint density at radius 3 is 1.52 bits per heavy atom. The summed E-state index contributed by atoms with van der Waals surface area (Å²) in [6.07, 6.45) is 1.76. The summed E-state index contributed by atoms with van der Waals surface area (Å²) in [6, 6.07) is 30.4. The molecule has 0 bridgehead atoms. The Balaban J connectivity index is 2.24. The van der Waals surface area contributed by atoms with E-state index >= 15 is 0 Å². The molecular weight excluding hydrogens is 358 g/mol. The molecule has 0 radical (unpaired) electrons. The fraction of sp³-hybridized carbons (Fsp3) is 0.0870. The van der Waals surface area contributed by atoms with Crippen molar-refractivity contribution in [3.63, 3.8) is 0 Å². The maximum absolute atomic E-state index is 14.3. The van der Waals surface area contributed by atoms with Crippen molar-refractivity contribution in [2.24, 2.45) is 0 Å². The minimum absolute atomic E-state index is 0.395. The number of hydrogen-bond acceptors (Lipinski definition) is 2. The number of hydrogen-bond donors (Lipinski definition) is 0. The third-order valence-corrected chi connectivity index (χ3v) is 8.79. The molecule has 0 heterocycles. The minimum atomic E-state index is -2.18. The Hall–Kier alpha value is -2.77. The predicted octanol–water partition coefficient (Wildman–Crippen LogP) is 4.01. The zero-order valence-corrected chi connectivity index (χ0v) is 16.0. The van der Waals surface area contributed by atoms with Crippen molar-refractivity contribution in [1.29, 1.82) is 0 Å². The lowest BCUT2D eigenvalue weighted by Gasteiger charge is -2.26. The first-order chi connectivity index (χ1) is 13.2. The highest BCUT2D eigenvalue weighted by Crippen LogP contribution is 2.55. The van der Waals surface area contributed by atoms with Gasteiger partial charge in [-0.25, -0.2) is 4.79 Å². The lowest BCUT2D eigenvalue weighted by molar-refractivity contribution is -0.137. The maximum atomic E-state index is 14.3. The van der Waals surface area contributed by atoms with Crippen LogP contribution in [0.5, 0.6) is 0 Å². The summed E-state index contributed by atoms with van der Waals surface area (Å²) in [5.74, 6) is -1.80. The van der Waals surface area contributed by atoms with Crippen LogP contribution in [0.1, 0.15) is 0 Å². The van der Waals surface area contributed by atoms with Gasteiger partial charge in [0.25, 0.3) is 0 Å². The van der Waals surface area contributed by atoms with Gasteiger partial charge in [-0.05, 0) is 42.5 Å². The molecule has 0 amide bonds. The lowest BCUT2D eigenvalue weighted by atomic mass is 10.4. The summed E-state index contributed by atoms with van der Waals surface area (Å²) in [4.78, 5) is 11.6. The van der Waals surface area contributed by atoms with Gasteiger partial charge in [-0.1, -0.05) is 54.6 Å². The van der Waals surface area contributed by atoms with E-state index in [4.69, 9.17) is 0 Å². The van der Waals surface area contributed by atoms with E-state index in [0.29, 0.717) is 6.16 Å². The Morgan fingerprint density at radius 2 is 1.19 bits per heavy atom. The Labute approximate surface area is 159 Å². The molecule has 4 heteroatoms. The van der Waals surface area contributed by atoms with Crippen molar-refractivity contribution in [3.8, 4) is 0 Å². The predicted molar refractivity (Wildman–Crippen MR) is 111 cm³/mol. The molecule has 0 aliphatic carbocycles. The molecule has 3 rings (SSSR count). The number of benzene rings is 3. The quantitative estimate of drug-likeness (QED) is 0.368. The fourth-order valence-corrected chi connectivity index (χ4v) is 7.21. The van der Waals surface area contributed by atoms with Gasteiger partial charge in [-0.15, -0.1) is 0 Å². The van der Waals surface area contributed by atoms with Gasteiger partial charge in [0.05, 0.1) is 13.3 Å². The van der Waals surface area contributed by atoms with E-state index in [1.165, 1.54) is 13.2 Å². The maximum Gasteiger partial charge on any atom is 0.366 e. The molecule has 0 saturated heterocycles. The topological polar surface area (TPSA) is 26.3 Å². The normalized spacial score (nSPS) is 11.9. The fourth-order valence-electron chi connectivity index (χ4n) is 3.21. The SMILES string of the molecule is COC(=O)/C(F)=C/C[P+](c1ccccc1)(c1ccccc1)c1ccccc1. The molecule has 27 heavy (non-hydrogen) atoms. The second-order valence-corrected chi connectivity index (χ2v) is 9.58. The molecule has 2 nitrogen and oxygen atoms in total. The summed E-state index contributed by atoms with van der Waals surface area (Å²) < 4.78 is 18.8. The number of carbonyl (C=O) groups excluding carboxylic acids is 1. The van der Waals surface area contributed by atoms with Gasteiger partial charge in [0.15, 0.2) is 0 Å². The number of rotatable bonds is 6. The van der Waals surface area contributed by atoms with E-state index < -0.39 is 19.1 Å². The van der Waals surface area contributed by atoms with Gasteiger partial charge >= 0.3 is 5.97 Å². The average Bonchev–Trinajstić information content (AvgIpc) is 2.75. The van der Waals surface area contributed by atoms with Crippen molar-refractivity contribution >= 4 is 29.1 Å². The van der Waals surface area contributed by atoms with Gasteiger partial charge in [0, 0.05) is 0 Å². The van der Waals surface area contributed by atoms with Crippen LogP contribution in [0.3, 0.4) is 0 Å². The highest BCUT2D eigenvalue weighted by Gasteiger charge is 2.44. The molecule has 0 saturated carbocycles. The molecule has 0 aromatic heterocycles. The van der Waals surface area contributed by atoms with Crippen LogP contribution in [-0.4, -0.2) is 19.2 Å². The van der Waals surface area contributed by atoms with Gasteiger partial charge in [0.1, 0.15) is 23.2 Å². The second-order valence-electron chi connectivity index (χ2n) is 6.04. The summed E-state index contributed by atoms with van der Waals surface area (Å²) >= 11 is 0. The first-order valence-electron chi connectivity index (χ1n) is 8.67. The number of ether oxygens (including phenoxy) is 1. The summed E-state index contributed by atoms with van der Waals surface area (Å²) in [7, 11) is -0.997. The van der Waals surface area contributed by atoms with Gasteiger partial charge < -0.3 is 4.74 Å². The van der Waals surface area contributed by atoms with Crippen LogP contribution >= 0.6 is 7.26 Å². The third-order valence-electron chi connectivity index (χ3n) is 4.52. The van der Waals surface area contributed by atoms with Crippen molar-refractivity contribution in [3.05, 3.63) is 103 Å². The number of esters is 1. The molecule has 0 aliphatic rings. The summed E-state index contributed by atoms with van der Waals surface area (Å²) in [6.45, 7) is 0. The molecule has 3 aromatic rings. The first kappa shape index (κ1) is 19.0. The summed E-state index contributed by atoms with van der Waals surface area (Å²) in [5.41, 5.74) is 0. The molecule has 0 atom stereocenters. The lowest BCUT2D eigenvalue weighted by Crippen LogP contribution is -2.33. The number of methoxy groups -OCH3 is 1. The Morgan fingerprint density at radius 1 is 0.815 bits per heavy atom. The Kier molecular flexibility index (Phi) is 6.16. The van der Waals surface area contributed by atoms with Crippen molar-refractivity contribution < 1.29 is 13.9 Å². The number of carbonyl (C=O) groups is 1. The van der Waals surface area contributed by atoms with Crippen molar-refractivity contribution in [2.75, 3.05) is 13.3 Å². The molecule has 0 spiro atoms. The average molecular weight is 379 g/mol. The van der Waals surface area contributed by atoms with Crippen LogP contribution in [0.25, 0.3) is 0 Å². The van der Waals surface area contributed by atoms with Crippen LogP contribution in [-0.2, 0) is 9.53 Å². The highest BCUT2D eigenvalue weighted by atomic mass is 31.2. The van der Waals surface area contributed by atoms with Gasteiger partial charge in [-0.3, -0.25) is 0 Å². The van der Waals surface area contributed by atoms with Crippen LogP contribution in [0.4, 0.5) is 4.39 Å². The third kappa shape index (κ3) is 3.99. The Bertz CT molecular complexity index is 812. The van der Waals surface area contributed by atoms with E-state index in [-0.39, 0.29) is 0 Å². The minimum Gasteiger partial charge on any atom is -0.464 e. The number of halogens is 1. The molecule has 3 aromatic carbocycles. The molecule has 0 aliphatic heterocycles. The van der Waals surface area contributed by atoms with E-state index in [0.717, 1.165) is 15.9 Å². The number of allylic oxidation sites excluding steroid dienone is 1. The van der Waals surface area contributed by atoms with E-state index in [1.54, 1.807) is 0 Å². The van der Waals surface area contributed by atoms with Crippen molar-refractivity contribution in [2.45, 2.75) is 0 Å². The second kappa shape index (κ2) is 8.75. The standard InChI is InChI=1S/C23H21FO2P/c1-26-23(25)22(24)17-18-27(19-11-5-2-6-12-19,20-13-7-3-8-14-20)21-15-9-4-10-16-21/h2-17H,18H2,1H3/q+1/b22-17-. The van der Waals surface area contributed by atoms with Crippen LogP contribution in [0.2, 0.25) is 0 Å². The molecule has 0 fully saturated rings. The largest absolute Gasteiger partial charge is 0.464 e. The zero-order chi connectivity index (χ0) is 19.1. The molecule has 0 unspecified atom stereocenters. The van der Waals surface area contributed by atoms with Crippen LogP contribution in [0, 0.1) is 0 Å². The van der Waals surface area contributed by atoms with E-state index in [2.05, 4.69) is 41.1 Å². The van der Waals surface area contributed by atoms with Crippen LogP contribution < -0.4 is 15.9 Å². The highest BCUT2D eigenvalue weighted by molar-refractivity contribution is 7.95. The van der Waals surface area contributed by atoms with Gasteiger partial charge in [0.2, 0.25) is 5.83 Å². The molecule has 0 N–H and O–H groups in total. The van der Waals surface area contributed by atoms with Crippen molar-refractivity contribution in [1.82, 2.24) is 0 Å². The van der Waals surface area contributed by atoms with E-state index in [1.807, 2.05) is 54.6 Å². The van der Waals surface area contributed by atoms with Gasteiger partial charge in [-0.2, -0.15) is 4.39 Å². The molecule has 136 valence electrons. The molecular formula is C23H21FO2P+. The summed E-state index contributed by atoms with van der Waals surface area (Å²) in [5, 5.41) is 3.41. The van der Waals surface area contributed by atoms with Crippen LogP contribution in [0.15, 0.2) is 103 Å². The monoisotopic (exact) mass is 379 g/mol. The smallest absolute Gasteiger partial charge is 0.366 e. The zero-order valence-electron chi connectivity index (χ0n) is 15.1. The van der Waals surface area contributed by atoms with E-state index in [9.17, 15) is 9.18 Å². The first-order valence-corrected chi connectivity index (χ1v) is 10.6.